The number of aromatic nitrogens is 5. The lowest BCUT2D eigenvalue weighted by atomic mass is 10.1. The van der Waals surface area contributed by atoms with Crippen molar-refractivity contribution < 1.29 is 4.74 Å². The molecule has 0 saturated heterocycles. The highest BCUT2D eigenvalue weighted by molar-refractivity contribution is 6.30. The number of benzene rings is 3. The van der Waals surface area contributed by atoms with Crippen molar-refractivity contribution in [2.24, 2.45) is 0 Å². The standard InChI is InChI=1S/C27H21ClN6O/c28-23-12-10-22(11-13-23)27-14-24(31-34(27)26-4-2-1-3-5-26)18-35-19-25-17-33(32-30-25)16-21-8-6-20(15-29)7-9-21/h1-14,17H,16,18-19H2. The molecule has 3 aromatic carbocycles. The molecule has 2 aromatic heterocycles. The van der Waals surface area contributed by atoms with Crippen LogP contribution in [0.2, 0.25) is 5.02 Å². The largest absolute Gasteiger partial charge is 0.369 e. The van der Waals surface area contributed by atoms with Gasteiger partial charge in [-0.3, -0.25) is 0 Å². The summed E-state index contributed by atoms with van der Waals surface area (Å²) in [5.41, 5.74) is 6.16. The fraction of sp³-hybridized carbons (Fsp3) is 0.111. The van der Waals surface area contributed by atoms with E-state index in [1.165, 1.54) is 0 Å². The smallest absolute Gasteiger partial charge is 0.108 e. The summed E-state index contributed by atoms with van der Waals surface area (Å²) in [6.07, 6.45) is 1.86. The normalized spacial score (nSPS) is 10.9. The van der Waals surface area contributed by atoms with Gasteiger partial charge in [0.25, 0.3) is 0 Å². The number of hydrogen-bond acceptors (Lipinski definition) is 5. The molecule has 7 nitrogen and oxygen atoms in total. The van der Waals surface area contributed by atoms with Crippen molar-refractivity contribution in [2.75, 3.05) is 0 Å². The quantitative estimate of drug-likeness (QED) is 0.296. The highest BCUT2D eigenvalue weighted by atomic mass is 35.5. The molecule has 0 saturated carbocycles. The summed E-state index contributed by atoms with van der Waals surface area (Å²) in [4.78, 5) is 0. The molecule has 172 valence electrons. The zero-order valence-electron chi connectivity index (χ0n) is 18.8. The van der Waals surface area contributed by atoms with E-state index in [1.807, 2.05) is 83.7 Å². The predicted octanol–water partition coefficient (Wildman–Crippen LogP) is 5.42. The second kappa shape index (κ2) is 10.3. The van der Waals surface area contributed by atoms with Crippen LogP contribution in [-0.4, -0.2) is 24.8 Å². The Balaban J connectivity index is 1.26. The van der Waals surface area contributed by atoms with Crippen molar-refractivity contribution >= 4 is 11.6 Å². The summed E-state index contributed by atoms with van der Waals surface area (Å²) in [5, 5.41) is 22.8. The fourth-order valence-electron chi connectivity index (χ4n) is 3.71. The third kappa shape index (κ3) is 5.46. The van der Waals surface area contributed by atoms with Gasteiger partial charge in [-0.25, -0.2) is 9.36 Å². The van der Waals surface area contributed by atoms with Crippen LogP contribution >= 0.6 is 11.6 Å². The Morgan fingerprint density at radius 2 is 1.63 bits per heavy atom. The summed E-state index contributed by atoms with van der Waals surface area (Å²) < 4.78 is 9.58. The molecule has 0 N–H and O–H groups in total. The Morgan fingerprint density at radius 1 is 0.886 bits per heavy atom. The van der Waals surface area contributed by atoms with E-state index >= 15 is 0 Å². The SMILES string of the molecule is N#Cc1ccc(Cn2cc(COCc3cc(-c4ccc(Cl)cc4)n(-c4ccccc4)n3)nn2)cc1. The summed E-state index contributed by atoms with van der Waals surface area (Å²) in [7, 11) is 0. The van der Waals surface area contributed by atoms with Gasteiger partial charge in [0.1, 0.15) is 5.69 Å². The van der Waals surface area contributed by atoms with Gasteiger partial charge in [0.05, 0.1) is 54.7 Å². The van der Waals surface area contributed by atoms with Crippen molar-refractivity contribution in [3.05, 3.63) is 119 Å². The summed E-state index contributed by atoms with van der Waals surface area (Å²) in [6, 6.07) is 29.3. The first-order valence-corrected chi connectivity index (χ1v) is 11.4. The Kier molecular flexibility index (Phi) is 6.66. The van der Waals surface area contributed by atoms with Crippen molar-refractivity contribution in [1.82, 2.24) is 24.8 Å². The molecule has 0 aliphatic rings. The number of nitrogens with zero attached hydrogens (tertiary/aromatic N) is 6. The molecule has 5 rings (SSSR count). The minimum Gasteiger partial charge on any atom is -0.369 e. The molecule has 35 heavy (non-hydrogen) atoms. The molecule has 0 fully saturated rings. The van der Waals surface area contributed by atoms with Gasteiger partial charge in [0.15, 0.2) is 0 Å². The van der Waals surface area contributed by atoms with Gasteiger partial charge in [-0.2, -0.15) is 10.4 Å². The maximum atomic E-state index is 8.93. The van der Waals surface area contributed by atoms with E-state index < -0.39 is 0 Å². The van der Waals surface area contributed by atoms with E-state index in [0.29, 0.717) is 30.3 Å². The highest BCUT2D eigenvalue weighted by Gasteiger charge is 2.12. The van der Waals surface area contributed by atoms with Gasteiger partial charge < -0.3 is 4.74 Å². The molecule has 0 radical (unpaired) electrons. The average Bonchev–Trinajstić information content (AvgIpc) is 3.53. The zero-order chi connectivity index (χ0) is 24.0. The second-order valence-electron chi connectivity index (χ2n) is 7.98. The summed E-state index contributed by atoms with van der Waals surface area (Å²) >= 11 is 6.08. The monoisotopic (exact) mass is 480 g/mol. The van der Waals surface area contributed by atoms with Crippen LogP contribution in [0.25, 0.3) is 16.9 Å². The van der Waals surface area contributed by atoms with E-state index in [2.05, 4.69) is 16.4 Å². The number of nitriles is 1. The van der Waals surface area contributed by atoms with E-state index in [-0.39, 0.29) is 0 Å². The zero-order valence-corrected chi connectivity index (χ0v) is 19.5. The first-order valence-electron chi connectivity index (χ1n) is 11.0. The maximum Gasteiger partial charge on any atom is 0.108 e. The number of halogens is 1. The lowest BCUT2D eigenvalue weighted by molar-refractivity contribution is 0.102. The molecule has 5 aromatic rings. The predicted molar refractivity (Wildman–Crippen MR) is 133 cm³/mol. The second-order valence-corrected chi connectivity index (χ2v) is 8.42. The summed E-state index contributed by atoms with van der Waals surface area (Å²) in [6.45, 7) is 1.23. The maximum absolute atomic E-state index is 8.93. The number of rotatable bonds is 8. The Bertz CT molecular complexity index is 1450. The van der Waals surface area contributed by atoms with Crippen LogP contribution in [0.4, 0.5) is 0 Å². The molecule has 0 bridgehead atoms. The highest BCUT2D eigenvalue weighted by Crippen LogP contribution is 2.26. The molecule has 2 heterocycles. The van der Waals surface area contributed by atoms with Crippen molar-refractivity contribution in [3.8, 4) is 23.0 Å². The number of para-hydroxylation sites is 1. The van der Waals surface area contributed by atoms with Crippen LogP contribution < -0.4 is 0 Å². The Hall–Kier alpha value is -4.25. The van der Waals surface area contributed by atoms with Gasteiger partial charge in [-0.05, 0) is 48.0 Å². The molecule has 0 unspecified atom stereocenters. The van der Waals surface area contributed by atoms with Gasteiger partial charge in [0.2, 0.25) is 0 Å². The number of ether oxygens (including phenoxy) is 1. The van der Waals surface area contributed by atoms with Gasteiger partial charge in [-0.15, -0.1) is 5.10 Å². The van der Waals surface area contributed by atoms with E-state index in [9.17, 15) is 0 Å². The first-order chi connectivity index (χ1) is 17.2. The van der Waals surface area contributed by atoms with E-state index in [4.69, 9.17) is 26.7 Å². The lowest BCUT2D eigenvalue weighted by Crippen LogP contribution is -2.01. The third-order valence-electron chi connectivity index (χ3n) is 5.41. The minimum atomic E-state index is 0.321. The lowest BCUT2D eigenvalue weighted by Gasteiger charge is -2.07. The van der Waals surface area contributed by atoms with Crippen LogP contribution in [0.1, 0.15) is 22.5 Å². The van der Waals surface area contributed by atoms with Crippen molar-refractivity contribution in [1.29, 1.82) is 5.26 Å². The van der Waals surface area contributed by atoms with Crippen LogP contribution in [-0.2, 0) is 24.5 Å². The van der Waals surface area contributed by atoms with E-state index in [0.717, 1.165) is 33.9 Å². The average molecular weight is 481 g/mol. The Morgan fingerprint density at radius 3 is 2.37 bits per heavy atom. The van der Waals surface area contributed by atoms with Crippen molar-refractivity contribution in [3.63, 3.8) is 0 Å². The topological polar surface area (TPSA) is 81.5 Å². The van der Waals surface area contributed by atoms with Crippen LogP contribution in [0.5, 0.6) is 0 Å². The van der Waals surface area contributed by atoms with Crippen LogP contribution in [0, 0.1) is 11.3 Å². The van der Waals surface area contributed by atoms with E-state index in [1.54, 1.807) is 16.8 Å². The molecular formula is C27H21ClN6O. The molecule has 8 heteroatoms. The summed E-state index contributed by atoms with van der Waals surface area (Å²) in [5.74, 6) is 0. The Labute approximate surface area is 207 Å². The van der Waals surface area contributed by atoms with Gasteiger partial charge >= 0.3 is 0 Å². The molecule has 0 spiro atoms. The molecular weight excluding hydrogens is 460 g/mol. The number of hydrogen-bond donors (Lipinski definition) is 0. The fourth-order valence-corrected chi connectivity index (χ4v) is 3.83. The van der Waals surface area contributed by atoms with Gasteiger partial charge in [-0.1, -0.05) is 59.3 Å². The van der Waals surface area contributed by atoms with Gasteiger partial charge in [0, 0.05) is 10.6 Å². The van der Waals surface area contributed by atoms with Crippen LogP contribution in [0.15, 0.2) is 91.1 Å². The molecule has 0 amide bonds. The van der Waals surface area contributed by atoms with Crippen molar-refractivity contribution in [2.45, 2.75) is 19.8 Å². The molecule has 0 aliphatic carbocycles. The van der Waals surface area contributed by atoms with Crippen LogP contribution in [0.3, 0.4) is 0 Å². The third-order valence-corrected chi connectivity index (χ3v) is 5.67. The minimum absolute atomic E-state index is 0.321. The molecule has 0 aliphatic heterocycles. The first kappa shape index (κ1) is 22.5. The molecule has 0 atom stereocenters.